The molecular formula is C23H40N4O3. The number of morpholine rings is 1. The SMILES string of the molecule is CN=C(NCC(c1ccc(OC)c(OC)c1)N1CCOCC1)NC(C)CCC(C)C. The smallest absolute Gasteiger partial charge is 0.191 e. The van der Waals surface area contributed by atoms with E-state index in [1.807, 2.05) is 13.1 Å². The topological polar surface area (TPSA) is 67.4 Å². The molecule has 0 radical (unpaired) electrons. The summed E-state index contributed by atoms with van der Waals surface area (Å²) < 4.78 is 16.5. The summed E-state index contributed by atoms with van der Waals surface area (Å²) in [4.78, 5) is 6.89. The fourth-order valence-electron chi connectivity index (χ4n) is 3.68. The zero-order chi connectivity index (χ0) is 21.9. The number of hydrogen-bond acceptors (Lipinski definition) is 5. The molecule has 1 aromatic carbocycles. The van der Waals surface area contributed by atoms with E-state index in [0.29, 0.717) is 12.0 Å². The van der Waals surface area contributed by atoms with Gasteiger partial charge in [0.2, 0.25) is 0 Å². The van der Waals surface area contributed by atoms with E-state index < -0.39 is 0 Å². The molecule has 7 nitrogen and oxygen atoms in total. The Bertz CT molecular complexity index is 660. The van der Waals surface area contributed by atoms with Crippen LogP contribution < -0.4 is 20.1 Å². The van der Waals surface area contributed by atoms with Crippen LogP contribution in [0.5, 0.6) is 11.5 Å². The average molecular weight is 421 g/mol. The second kappa shape index (κ2) is 12.6. The highest BCUT2D eigenvalue weighted by Gasteiger charge is 2.24. The zero-order valence-electron chi connectivity index (χ0n) is 19.5. The lowest BCUT2D eigenvalue weighted by molar-refractivity contribution is 0.0169. The van der Waals surface area contributed by atoms with E-state index in [9.17, 15) is 0 Å². The van der Waals surface area contributed by atoms with Crippen LogP contribution in [0, 0.1) is 5.92 Å². The minimum atomic E-state index is 0.179. The van der Waals surface area contributed by atoms with Crippen molar-refractivity contribution >= 4 is 5.96 Å². The second-order valence-electron chi connectivity index (χ2n) is 8.25. The standard InChI is InChI=1S/C23H40N4O3/c1-17(2)7-8-18(3)26-23(24-4)25-16-20(27-11-13-30-14-12-27)19-9-10-21(28-5)22(15-19)29-6/h9-10,15,17-18,20H,7-8,11-14,16H2,1-6H3,(H2,24,25,26). The third kappa shape index (κ3) is 7.36. The van der Waals surface area contributed by atoms with E-state index in [-0.39, 0.29) is 6.04 Å². The van der Waals surface area contributed by atoms with Gasteiger partial charge >= 0.3 is 0 Å². The van der Waals surface area contributed by atoms with Gasteiger partial charge in [-0.3, -0.25) is 9.89 Å². The van der Waals surface area contributed by atoms with Crippen molar-refractivity contribution in [3.05, 3.63) is 23.8 Å². The Labute approximate surface area is 182 Å². The molecule has 1 saturated heterocycles. The molecule has 1 aliphatic rings. The summed E-state index contributed by atoms with van der Waals surface area (Å²) in [6.45, 7) is 10.8. The predicted molar refractivity (Wildman–Crippen MR) is 123 cm³/mol. The van der Waals surface area contributed by atoms with E-state index in [1.165, 1.54) is 12.0 Å². The number of methoxy groups -OCH3 is 2. The van der Waals surface area contributed by atoms with Crippen LogP contribution in [-0.4, -0.2) is 71.0 Å². The fourth-order valence-corrected chi connectivity index (χ4v) is 3.68. The molecule has 2 unspecified atom stereocenters. The Hall–Kier alpha value is -1.99. The summed E-state index contributed by atoms with van der Waals surface area (Å²) in [6.07, 6.45) is 2.33. The van der Waals surface area contributed by atoms with Crippen LogP contribution >= 0.6 is 0 Å². The monoisotopic (exact) mass is 420 g/mol. The molecule has 30 heavy (non-hydrogen) atoms. The van der Waals surface area contributed by atoms with Crippen molar-refractivity contribution in [1.29, 1.82) is 0 Å². The third-order valence-corrected chi connectivity index (χ3v) is 5.53. The molecular weight excluding hydrogens is 380 g/mol. The van der Waals surface area contributed by atoms with Crippen molar-refractivity contribution in [2.24, 2.45) is 10.9 Å². The largest absolute Gasteiger partial charge is 0.493 e. The molecule has 7 heteroatoms. The van der Waals surface area contributed by atoms with Crippen LogP contribution in [-0.2, 0) is 4.74 Å². The maximum atomic E-state index is 5.57. The van der Waals surface area contributed by atoms with Crippen molar-refractivity contribution in [3.8, 4) is 11.5 Å². The van der Waals surface area contributed by atoms with Crippen LogP contribution in [0.3, 0.4) is 0 Å². The molecule has 1 aliphatic heterocycles. The van der Waals surface area contributed by atoms with E-state index in [4.69, 9.17) is 14.2 Å². The molecule has 0 spiro atoms. The molecule has 0 aliphatic carbocycles. The van der Waals surface area contributed by atoms with Crippen LogP contribution in [0.25, 0.3) is 0 Å². The second-order valence-corrected chi connectivity index (χ2v) is 8.25. The number of ether oxygens (including phenoxy) is 3. The summed E-state index contributed by atoms with van der Waals surface area (Å²) >= 11 is 0. The van der Waals surface area contributed by atoms with Gasteiger partial charge in [0.05, 0.1) is 33.5 Å². The molecule has 2 rings (SSSR count). The highest BCUT2D eigenvalue weighted by Crippen LogP contribution is 2.32. The number of aliphatic imine (C=N–C) groups is 1. The first kappa shape index (κ1) is 24.3. The van der Waals surface area contributed by atoms with Gasteiger partial charge in [0.25, 0.3) is 0 Å². The molecule has 0 aromatic heterocycles. The quantitative estimate of drug-likeness (QED) is 0.448. The van der Waals surface area contributed by atoms with Gasteiger partial charge in [0, 0.05) is 32.7 Å². The van der Waals surface area contributed by atoms with Gasteiger partial charge in [-0.2, -0.15) is 0 Å². The lowest BCUT2D eigenvalue weighted by Gasteiger charge is -2.35. The Balaban J connectivity index is 2.10. The first-order valence-electron chi connectivity index (χ1n) is 11.0. The summed E-state index contributed by atoms with van der Waals surface area (Å²) in [5.41, 5.74) is 1.19. The van der Waals surface area contributed by atoms with Gasteiger partial charge in [0.1, 0.15) is 0 Å². The van der Waals surface area contributed by atoms with Crippen LogP contribution in [0.15, 0.2) is 23.2 Å². The third-order valence-electron chi connectivity index (χ3n) is 5.53. The van der Waals surface area contributed by atoms with Crippen molar-refractivity contribution in [1.82, 2.24) is 15.5 Å². The summed E-state index contributed by atoms with van der Waals surface area (Å²) in [6, 6.07) is 6.72. The first-order chi connectivity index (χ1) is 14.5. The Kier molecular flexibility index (Phi) is 10.2. The summed E-state index contributed by atoms with van der Waals surface area (Å²) in [5.74, 6) is 3.04. The van der Waals surface area contributed by atoms with Crippen molar-refractivity contribution in [3.63, 3.8) is 0 Å². The number of hydrogen-bond donors (Lipinski definition) is 2. The predicted octanol–water partition coefficient (Wildman–Crippen LogP) is 3.07. The van der Waals surface area contributed by atoms with Gasteiger partial charge in [-0.1, -0.05) is 19.9 Å². The van der Waals surface area contributed by atoms with Crippen LogP contribution in [0.1, 0.15) is 45.2 Å². The zero-order valence-corrected chi connectivity index (χ0v) is 19.5. The van der Waals surface area contributed by atoms with E-state index in [0.717, 1.165) is 56.7 Å². The number of rotatable bonds is 10. The highest BCUT2D eigenvalue weighted by atomic mass is 16.5. The molecule has 0 amide bonds. The number of benzene rings is 1. The minimum absolute atomic E-state index is 0.179. The molecule has 1 fully saturated rings. The molecule has 1 heterocycles. The van der Waals surface area contributed by atoms with Gasteiger partial charge in [-0.05, 0) is 43.4 Å². The molecule has 0 bridgehead atoms. The lowest BCUT2D eigenvalue weighted by atomic mass is 10.0. The van der Waals surface area contributed by atoms with E-state index in [1.54, 1.807) is 14.2 Å². The molecule has 170 valence electrons. The minimum Gasteiger partial charge on any atom is -0.493 e. The number of nitrogens with one attached hydrogen (secondary N) is 2. The number of nitrogens with zero attached hydrogens (tertiary/aromatic N) is 2. The number of guanidine groups is 1. The van der Waals surface area contributed by atoms with Gasteiger partial charge in [-0.25, -0.2) is 0 Å². The van der Waals surface area contributed by atoms with Crippen LogP contribution in [0.2, 0.25) is 0 Å². The Morgan fingerprint density at radius 2 is 1.80 bits per heavy atom. The van der Waals surface area contributed by atoms with Gasteiger partial charge in [0.15, 0.2) is 17.5 Å². The van der Waals surface area contributed by atoms with Crippen molar-refractivity contribution < 1.29 is 14.2 Å². The van der Waals surface area contributed by atoms with Crippen LogP contribution in [0.4, 0.5) is 0 Å². The Morgan fingerprint density at radius 3 is 2.40 bits per heavy atom. The first-order valence-corrected chi connectivity index (χ1v) is 11.0. The normalized spacial score (nSPS) is 17.5. The van der Waals surface area contributed by atoms with Gasteiger partial charge in [-0.15, -0.1) is 0 Å². The van der Waals surface area contributed by atoms with Crippen molar-refractivity contribution in [2.45, 2.75) is 45.7 Å². The molecule has 0 saturated carbocycles. The van der Waals surface area contributed by atoms with E-state index in [2.05, 4.69) is 53.4 Å². The molecule has 2 N–H and O–H groups in total. The highest BCUT2D eigenvalue weighted by molar-refractivity contribution is 5.80. The summed E-state index contributed by atoms with van der Waals surface area (Å²) in [5, 5.41) is 7.06. The lowest BCUT2D eigenvalue weighted by Crippen LogP contribution is -2.48. The van der Waals surface area contributed by atoms with Crippen molar-refractivity contribution in [2.75, 3.05) is 54.1 Å². The van der Waals surface area contributed by atoms with E-state index >= 15 is 0 Å². The molecule has 2 atom stereocenters. The average Bonchev–Trinajstić information content (AvgIpc) is 2.77. The Morgan fingerprint density at radius 1 is 1.10 bits per heavy atom. The maximum Gasteiger partial charge on any atom is 0.191 e. The molecule has 1 aromatic rings. The maximum absolute atomic E-state index is 5.57. The fraction of sp³-hybridized carbons (Fsp3) is 0.696. The summed E-state index contributed by atoms with van der Waals surface area (Å²) in [7, 11) is 5.16. The van der Waals surface area contributed by atoms with Gasteiger partial charge < -0.3 is 24.8 Å².